The first kappa shape index (κ1) is 21.4. The van der Waals surface area contributed by atoms with Gasteiger partial charge in [0.2, 0.25) is 0 Å². The van der Waals surface area contributed by atoms with Crippen LogP contribution < -0.4 is 9.62 Å². The lowest BCUT2D eigenvalue weighted by Gasteiger charge is -2.19. The number of carbonyl (C=O) groups is 1. The Bertz CT molecular complexity index is 1440. The second-order valence-corrected chi connectivity index (χ2v) is 10.6. The van der Waals surface area contributed by atoms with Gasteiger partial charge in [0.25, 0.3) is 15.9 Å². The summed E-state index contributed by atoms with van der Waals surface area (Å²) in [6.45, 7) is 2.41. The zero-order valence-corrected chi connectivity index (χ0v) is 19.5. The van der Waals surface area contributed by atoms with Gasteiger partial charge in [-0.25, -0.2) is 13.4 Å². The van der Waals surface area contributed by atoms with Crippen molar-refractivity contribution in [1.82, 2.24) is 4.98 Å². The minimum absolute atomic E-state index is 0.0892. The first-order valence-corrected chi connectivity index (χ1v) is 12.8. The standard InChI is InChI=1S/C25H21N3O3S2/c1-17-9-11-18(12-10-17)22-16-32-25(26-22)27-24(29)20-6-4-7-21(15-20)33(30,31)28-14-13-19-5-2-3-8-23(19)28/h2-12,15-16H,13-14H2,1H3,(H,26,27,29). The molecule has 0 unspecified atom stereocenters. The number of aryl methyl sites for hydroxylation is 1. The highest BCUT2D eigenvalue weighted by Crippen LogP contribution is 2.33. The zero-order chi connectivity index (χ0) is 23.0. The van der Waals surface area contributed by atoms with Crippen LogP contribution in [0, 0.1) is 6.92 Å². The van der Waals surface area contributed by atoms with E-state index in [1.165, 1.54) is 27.8 Å². The second-order valence-electron chi connectivity index (χ2n) is 7.84. The topological polar surface area (TPSA) is 79.4 Å². The van der Waals surface area contributed by atoms with E-state index in [9.17, 15) is 13.2 Å². The summed E-state index contributed by atoms with van der Waals surface area (Å²) >= 11 is 1.32. The van der Waals surface area contributed by atoms with Crippen molar-refractivity contribution < 1.29 is 13.2 Å². The highest BCUT2D eigenvalue weighted by Gasteiger charge is 2.31. The molecular formula is C25H21N3O3S2. The van der Waals surface area contributed by atoms with Gasteiger partial charge in [-0.15, -0.1) is 11.3 Å². The number of hydrogen-bond donors (Lipinski definition) is 1. The molecule has 33 heavy (non-hydrogen) atoms. The normalized spacial score (nSPS) is 13.1. The molecule has 2 heterocycles. The Morgan fingerprint density at radius 1 is 1.03 bits per heavy atom. The van der Waals surface area contributed by atoms with Crippen LogP contribution in [0.15, 0.2) is 83.1 Å². The van der Waals surface area contributed by atoms with E-state index >= 15 is 0 Å². The van der Waals surface area contributed by atoms with Crippen LogP contribution in [0.3, 0.4) is 0 Å². The van der Waals surface area contributed by atoms with Crippen molar-refractivity contribution in [2.75, 3.05) is 16.2 Å². The van der Waals surface area contributed by atoms with Crippen LogP contribution in [0.25, 0.3) is 11.3 Å². The minimum Gasteiger partial charge on any atom is -0.298 e. The van der Waals surface area contributed by atoms with Crippen LogP contribution in [0.1, 0.15) is 21.5 Å². The predicted octanol–water partition coefficient (Wildman–Crippen LogP) is 5.12. The van der Waals surface area contributed by atoms with E-state index in [1.807, 2.05) is 60.8 Å². The summed E-state index contributed by atoms with van der Waals surface area (Å²) in [6, 6.07) is 21.6. The summed E-state index contributed by atoms with van der Waals surface area (Å²) in [4.78, 5) is 17.4. The van der Waals surface area contributed by atoms with E-state index in [2.05, 4.69) is 10.3 Å². The summed E-state index contributed by atoms with van der Waals surface area (Å²) in [5, 5.41) is 5.12. The largest absolute Gasteiger partial charge is 0.298 e. The van der Waals surface area contributed by atoms with Crippen molar-refractivity contribution in [3.8, 4) is 11.3 Å². The molecule has 1 N–H and O–H groups in total. The van der Waals surface area contributed by atoms with Crippen LogP contribution in [0.5, 0.6) is 0 Å². The average molecular weight is 476 g/mol. The number of aromatic nitrogens is 1. The molecule has 1 amide bonds. The first-order chi connectivity index (χ1) is 15.9. The molecule has 6 nitrogen and oxygen atoms in total. The third-order valence-corrected chi connectivity index (χ3v) is 8.17. The summed E-state index contributed by atoms with van der Waals surface area (Å²) in [6.07, 6.45) is 0.670. The van der Waals surface area contributed by atoms with Gasteiger partial charge in [-0.2, -0.15) is 0 Å². The van der Waals surface area contributed by atoms with Crippen molar-refractivity contribution in [2.45, 2.75) is 18.2 Å². The van der Waals surface area contributed by atoms with Gasteiger partial charge < -0.3 is 0 Å². The van der Waals surface area contributed by atoms with Gasteiger partial charge in [0, 0.05) is 23.1 Å². The number of fused-ring (bicyclic) bond motifs is 1. The third kappa shape index (κ3) is 4.15. The highest BCUT2D eigenvalue weighted by atomic mass is 32.2. The molecule has 3 aromatic carbocycles. The van der Waals surface area contributed by atoms with Gasteiger partial charge in [0.05, 0.1) is 16.3 Å². The average Bonchev–Trinajstić information content (AvgIpc) is 3.47. The number of benzene rings is 3. The van der Waals surface area contributed by atoms with Gasteiger partial charge in [-0.3, -0.25) is 14.4 Å². The fourth-order valence-corrected chi connectivity index (χ4v) is 6.10. The lowest BCUT2D eigenvalue weighted by Crippen LogP contribution is -2.29. The molecule has 0 atom stereocenters. The molecule has 8 heteroatoms. The maximum atomic E-state index is 13.3. The molecule has 1 aromatic heterocycles. The Morgan fingerprint density at radius 3 is 2.64 bits per heavy atom. The number of nitrogens with one attached hydrogen (secondary N) is 1. The van der Waals surface area contributed by atoms with E-state index in [4.69, 9.17) is 0 Å². The van der Waals surface area contributed by atoms with Gasteiger partial charge >= 0.3 is 0 Å². The highest BCUT2D eigenvalue weighted by molar-refractivity contribution is 7.92. The van der Waals surface area contributed by atoms with E-state index < -0.39 is 15.9 Å². The molecule has 0 fully saturated rings. The number of anilines is 2. The molecule has 5 rings (SSSR count). The summed E-state index contributed by atoms with van der Waals surface area (Å²) < 4.78 is 28.0. The molecule has 0 bridgehead atoms. The molecule has 1 aliphatic rings. The SMILES string of the molecule is Cc1ccc(-c2csc(NC(=O)c3cccc(S(=O)(=O)N4CCc5ccccc54)c3)n2)cc1. The van der Waals surface area contributed by atoms with Gasteiger partial charge in [0.15, 0.2) is 5.13 Å². The smallest absolute Gasteiger partial charge is 0.264 e. The molecule has 0 spiro atoms. The van der Waals surface area contributed by atoms with E-state index in [-0.39, 0.29) is 10.5 Å². The van der Waals surface area contributed by atoms with Gasteiger partial charge in [0.1, 0.15) is 0 Å². The number of thiazole rings is 1. The molecule has 0 saturated carbocycles. The molecule has 166 valence electrons. The van der Waals surface area contributed by atoms with Crippen LogP contribution in [0.2, 0.25) is 0 Å². The Hall–Kier alpha value is -3.49. The Labute approximate surface area is 196 Å². The Balaban J connectivity index is 1.36. The number of rotatable bonds is 5. The van der Waals surface area contributed by atoms with Crippen LogP contribution in [-0.2, 0) is 16.4 Å². The maximum Gasteiger partial charge on any atom is 0.264 e. The number of carbonyl (C=O) groups excluding carboxylic acids is 1. The molecular weight excluding hydrogens is 454 g/mol. The number of para-hydroxylation sites is 1. The van der Waals surface area contributed by atoms with Crippen molar-refractivity contribution in [2.24, 2.45) is 0 Å². The fraction of sp³-hybridized carbons (Fsp3) is 0.120. The first-order valence-electron chi connectivity index (χ1n) is 10.5. The maximum absolute atomic E-state index is 13.3. The van der Waals surface area contributed by atoms with Crippen LogP contribution in [-0.4, -0.2) is 25.9 Å². The predicted molar refractivity (Wildman–Crippen MR) is 131 cm³/mol. The summed E-state index contributed by atoms with van der Waals surface area (Å²) in [5.74, 6) is -0.404. The van der Waals surface area contributed by atoms with Crippen molar-refractivity contribution in [3.63, 3.8) is 0 Å². The van der Waals surface area contributed by atoms with Gasteiger partial charge in [-0.1, -0.05) is 54.1 Å². The molecule has 0 aliphatic carbocycles. The number of nitrogens with zero attached hydrogens (tertiary/aromatic N) is 2. The van der Waals surface area contributed by atoms with Crippen molar-refractivity contribution in [1.29, 1.82) is 0 Å². The lowest BCUT2D eigenvalue weighted by molar-refractivity contribution is 0.102. The van der Waals surface area contributed by atoms with Crippen LogP contribution >= 0.6 is 11.3 Å². The third-order valence-electron chi connectivity index (χ3n) is 5.60. The summed E-state index contributed by atoms with van der Waals surface area (Å²) in [7, 11) is -3.78. The Morgan fingerprint density at radius 2 is 1.82 bits per heavy atom. The number of hydrogen-bond acceptors (Lipinski definition) is 5. The minimum atomic E-state index is -3.78. The van der Waals surface area contributed by atoms with E-state index in [1.54, 1.807) is 12.1 Å². The fourth-order valence-electron chi connectivity index (χ4n) is 3.84. The number of amides is 1. The van der Waals surface area contributed by atoms with Crippen molar-refractivity contribution in [3.05, 3.63) is 94.9 Å². The lowest BCUT2D eigenvalue weighted by atomic mass is 10.1. The van der Waals surface area contributed by atoms with Crippen molar-refractivity contribution >= 4 is 38.1 Å². The molecule has 0 saturated heterocycles. The molecule has 4 aromatic rings. The number of sulfonamides is 1. The molecule has 1 aliphatic heterocycles. The van der Waals surface area contributed by atoms with Gasteiger partial charge in [-0.05, 0) is 43.2 Å². The Kier molecular flexibility index (Phi) is 5.47. The van der Waals surface area contributed by atoms with E-state index in [0.29, 0.717) is 23.8 Å². The summed E-state index contributed by atoms with van der Waals surface area (Å²) in [5.41, 5.74) is 4.86. The van der Waals surface area contributed by atoms with Crippen LogP contribution in [0.4, 0.5) is 10.8 Å². The quantitative estimate of drug-likeness (QED) is 0.434. The monoisotopic (exact) mass is 475 g/mol. The zero-order valence-electron chi connectivity index (χ0n) is 17.9. The van der Waals surface area contributed by atoms with E-state index in [0.717, 1.165) is 22.4 Å². The molecule has 0 radical (unpaired) electrons. The second kappa shape index (κ2) is 8.46.